The summed E-state index contributed by atoms with van der Waals surface area (Å²) in [7, 11) is 0. The highest BCUT2D eigenvalue weighted by atomic mass is 32.2. The molecule has 108 valence electrons. The van der Waals surface area contributed by atoms with Crippen LogP contribution in [0, 0.1) is 0 Å². The lowest BCUT2D eigenvalue weighted by atomic mass is 10.0. The van der Waals surface area contributed by atoms with Gasteiger partial charge in [0.05, 0.1) is 17.6 Å². The Labute approximate surface area is 119 Å². The summed E-state index contributed by atoms with van der Waals surface area (Å²) in [5.41, 5.74) is 4.98. The van der Waals surface area contributed by atoms with Gasteiger partial charge in [-0.15, -0.1) is 11.8 Å². The second-order valence-corrected chi connectivity index (χ2v) is 5.27. The van der Waals surface area contributed by atoms with Crippen LogP contribution >= 0.6 is 11.8 Å². The molecule has 2 rings (SSSR count). The van der Waals surface area contributed by atoms with Gasteiger partial charge in [0.15, 0.2) is 0 Å². The van der Waals surface area contributed by atoms with E-state index in [2.05, 4.69) is 0 Å². The molecule has 2 nitrogen and oxygen atoms in total. The van der Waals surface area contributed by atoms with Crippen molar-refractivity contribution in [1.82, 2.24) is 0 Å². The average Bonchev–Trinajstić information content (AvgIpc) is 2.90. The molecule has 1 aromatic heterocycles. The van der Waals surface area contributed by atoms with E-state index >= 15 is 0 Å². The smallest absolute Gasteiger partial charge is 0.416 e. The van der Waals surface area contributed by atoms with Crippen LogP contribution in [0.3, 0.4) is 0 Å². The zero-order valence-electron chi connectivity index (χ0n) is 10.6. The van der Waals surface area contributed by atoms with E-state index in [1.54, 1.807) is 24.5 Å². The molecule has 0 radical (unpaired) electrons. The van der Waals surface area contributed by atoms with Gasteiger partial charge in [-0.2, -0.15) is 13.2 Å². The molecule has 0 amide bonds. The lowest BCUT2D eigenvalue weighted by molar-refractivity contribution is -0.138. The number of hydrogen-bond donors (Lipinski definition) is 1. The summed E-state index contributed by atoms with van der Waals surface area (Å²) >= 11 is 1.31. The monoisotopic (exact) mass is 301 g/mol. The number of thioether (sulfide) groups is 1. The highest BCUT2D eigenvalue weighted by Gasteiger charge is 2.33. The number of rotatable bonds is 5. The predicted molar refractivity (Wildman–Crippen MR) is 72.5 cm³/mol. The summed E-state index contributed by atoms with van der Waals surface area (Å²) < 4.78 is 44.1. The number of furan rings is 1. The zero-order valence-corrected chi connectivity index (χ0v) is 11.4. The Hall–Kier alpha value is -1.40. The predicted octanol–water partition coefficient (Wildman–Crippen LogP) is 4.09. The Morgan fingerprint density at radius 2 is 2.00 bits per heavy atom. The highest BCUT2D eigenvalue weighted by Crippen LogP contribution is 2.35. The van der Waals surface area contributed by atoms with Crippen molar-refractivity contribution in [2.45, 2.75) is 23.2 Å². The van der Waals surface area contributed by atoms with E-state index in [4.69, 9.17) is 10.2 Å². The Morgan fingerprint density at radius 3 is 2.60 bits per heavy atom. The fraction of sp³-hybridized carbons (Fsp3) is 0.286. The Balaban J connectivity index is 2.18. The average molecular weight is 301 g/mol. The summed E-state index contributed by atoms with van der Waals surface area (Å²) in [6, 6.07) is 7.91. The van der Waals surface area contributed by atoms with Gasteiger partial charge in [0, 0.05) is 4.90 Å². The summed E-state index contributed by atoms with van der Waals surface area (Å²) in [6.45, 7) is 0.196. The van der Waals surface area contributed by atoms with Gasteiger partial charge in [0.2, 0.25) is 0 Å². The number of benzene rings is 1. The number of nitrogens with two attached hydrogens (primary N) is 1. The third-order valence-electron chi connectivity index (χ3n) is 2.76. The largest absolute Gasteiger partial charge is 0.468 e. The van der Waals surface area contributed by atoms with Crippen LogP contribution in [0.25, 0.3) is 0 Å². The lowest BCUT2D eigenvalue weighted by Gasteiger charge is -2.13. The minimum Gasteiger partial charge on any atom is -0.468 e. The van der Waals surface area contributed by atoms with Crippen molar-refractivity contribution < 1.29 is 17.6 Å². The Bertz CT molecular complexity index is 552. The van der Waals surface area contributed by atoms with E-state index in [1.807, 2.05) is 0 Å². The van der Waals surface area contributed by atoms with Crippen LogP contribution in [0.1, 0.15) is 16.9 Å². The van der Waals surface area contributed by atoms with Crippen molar-refractivity contribution in [3.05, 3.63) is 53.5 Å². The Kier molecular flexibility index (Phi) is 4.77. The summed E-state index contributed by atoms with van der Waals surface area (Å²) in [5.74, 6) is 1.23. The first-order valence-electron chi connectivity index (χ1n) is 6.06. The van der Waals surface area contributed by atoms with Crippen molar-refractivity contribution in [2.24, 2.45) is 5.73 Å². The quantitative estimate of drug-likeness (QED) is 0.845. The van der Waals surface area contributed by atoms with Gasteiger partial charge in [0.25, 0.3) is 0 Å². The molecule has 0 bridgehead atoms. The Morgan fingerprint density at radius 1 is 1.20 bits per heavy atom. The molecule has 0 unspecified atom stereocenters. The number of hydrogen-bond acceptors (Lipinski definition) is 3. The molecule has 0 aliphatic heterocycles. The van der Waals surface area contributed by atoms with Gasteiger partial charge in [-0.3, -0.25) is 0 Å². The normalized spacial score (nSPS) is 11.8. The van der Waals surface area contributed by atoms with Gasteiger partial charge < -0.3 is 10.2 Å². The van der Waals surface area contributed by atoms with Crippen LogP contribution in [0.15, 0.2) is 45.9 Å². The molecule has 0 saturated heterocycles. The van der Waals surface area contributed by atoms with Gasteiger partial charge in [-0.25, -0.2) is 0 Å². The first-order valence-corrected chi connectivity index (χ1v) is 7.04. The standard InChI is InChI=1S/C14H14F3NOS/c15-14(16,17)13-8-12(4-3-10(13)5-6-18)20-9-11-2-1-7-19-11/h1-4,7-8H,5-6,9,18H2. The minimum absolute atomic E-state index is 0.196. The molecule has 1 aromatic carbocycles. The fourth-order valence-corrected chi connectivity index (χ4v) is 2.67. The van der Waals surface area contributed by atoms with Crippen molar-refractivity contribution in [1.29, 1.82) is 0 Å². The van der Waals surface area contributed by atoms with Crippen molar-refractivity contribution in [2.75, 3.05) is 6.54 Å². The van der Waals surface area contributed by atoms with Gasteiger partial charge in [-0.1, -0.05) is 6.07 Å². The third kappa shape index (κ3) is 3.80. The first kappa shape index (κ1) is 15.0. The number of halogens is 3. The van der Waals surface area contributed by atoms with Crippen molar-refractivity contribution >= 4 is 11.8 Å². The molecule has 0 atom stereocenters. The minimum atomic E-state index is -4.36. The van der Waals surface area contributed by atoms with Crippen LogP contribution in [-0.4, -0.2) is 6.54 Å². The molecule has 0 aliphatic rings. The van der Waals surface area contributed by atoms with E-state index in [0.717, 1.165) is 5.76 Å². The number of alkyl halides is 3. The molecule has 2 N–H and O–H groups in total. The lowest BCUT2D eigenvalue weighted by Crippen LogP contribution is -2.12. The molecule has 1 heterocycles. The van der Waals surface area contributed by atoms with Crippen LogP contribution < -0.4 is 5.73 Å². The summed E-state index contributed by atoms with van der Waals surface area (Å²) in [4.78, 5) is 0.564. The van der Waals surface area contributed by atoms with E-state index in [-0.39, 0.29) is 18.5 Å². The van der Waals surface area contributed by atoms with E-state index in [9.17, 15) is 13.2 Å². The molecule has 0 spiro atoms. The van der Waals surface area contributed by atoms with E-state index in [0.29, 0.717) is 10.6 Å². The highest BCUT2D eigenvalue weighted by molar-refractivity contribution is 7.98. The molecule has 6 heteroatoms. The van der Waals surface area contributed by atoms with Crippen LogP contribution in [0.5, 0.6) is 0 Å². The molecule has 20 heavy (non-hydrogen) atoms. The zero-order chi connectivity index (χ0) is 14.6. The van der Waals surface area contributed by atoms with Gasteiger partial charge in [-0.05, 0) is 42.8 Å². The second-order valence-electron chi connectivity index (χ2n) is 4.22. The maximum Gasteiger partial charge on any atom is 0.416 e. The molecule has 2 aromatic rings. The molecule has 0 saturated carbocycles. The molecule has 0 aliphatic carbocycles. The second kappa shape index (κ2) is 6.37. The van der Waals surface area contributed by atoms with E-state index in [1.165, 1.54) is 23.9 Å². The topological polar surface area (TPSA) is 39.2 Å². The van der Waals surface area contributed by atoms with Crippen molar-refractivity contribution in [3.63, 3.8) is 0 Å². The van der Waals surface area contributed by atoms with Crippen LogP contribution in [0.4, 0.5) is 13.2 Å². The first-order chi connectivity index (χ1) is 9.50. The van der Waals surface area contributed by atoms with Gasteiger partial charge in [0.1, 0.15) is 5.76 Å². The molecule has 0 fully saturated rings. The van der Waals surface area contributed by atoms with Crippen molar-refractivity contribution in [3.8, 4) is 0 Å². The molecular weight excluding hydrogens is 287 g/mol. The maximum atomic E-state index is 13.0. The molecular formula is C14H14F3NOS. The fourth-order valence-electron chi connectivity index (χ4n) is 1.83. The van der Waals surface area contributed by atoms with Crippen LogP contribution in [0.2, 0.25) is 0 Å². The summed E-state index contributed by atoms with van der Waals surface area (Å²) in [6.07, 6.45) is -2.59. The van der Waals surface area contributed by atoms with Gasteiger partial charge >= 0.3 is 6.18 Å². The van der Waals surface area contributed by atoms with Crippen LogP contribution in [-0.2, 0) is 18.3 Å². The third-order valence-corrected chi connectivity index (χ3v) is 3.78. The summed E-state index contributed by atoms with van der Waals surface area (Å²) in [5, 5.41) is 0. The van der Waals surface area contributed by atoms with E-state index < -0.39 is 11.7 Å². The maximum absolute atomic E-state index is 13.0. The SMILES string of the molecule is NCCc1ccc(SCc2ccco2)cc1C(F)(F)F.